The number of nitrogens with zero attached hydrogens (tertiary/aromatic N) is 4. The van der Waals surface area contributed by atoms with Gasteiger partial charge in [0.2, 0.25) is 0 Å². The zero-order valence-corrected chi connectivity index (χ0v) is 36.0. The molecule has 8 rings (SSSR count). The van der Waals surface area contributed by atoms with Crippen LogP contribution in [0.4, 0.5) is 11.4 Å². The first-order chi connectivity index (χ1) is 26.1. The third-order valence-electron chi connectivity index (χ3n) is 10.4. The van der Waals surface area contributed by atoms with Gasteiger partial charge in [0.1, 0.15) is 5.82 Å². The molecule has 7 aromatic rings. The van der Waals surface area contributed by atoms with Gasteiger partial charge >= 0.3 is 0 Å². The number of para-hydroxylation sites is 1. The Balaban J connectivity index is 0.00000480. The topological polar surface area (TPSA) is 33.5 Å². The quantitative estimate of drug-likeness (QED) is 0.156. The van der Waals surface area contributed by atoms with Crippen molar-refractivity contribution in [2.24, 2.45) is 5.41 Å². The van der Waals surface area contributed by atoms with Crippen LogP contribution in [0.1, 0.15) is 73.4 Å². The second kappa shape index (κ2) is 14.8. The van der Waals surface area contributed by atoms with Gasteiger partial charge in [0, 0.05) is 66.6 Å². The number of fused-ring (bicyclic) bond motifs is 3. The van der Waals surface area contributed by atoms with Crippen LogP contribution in [0.3, 0.4) is 0 Å². The van der Waals surface area contributed by atoms with Gasteiger partial charge in [-0.25, -0.2) is 4.98 Å². The van der Waals surface area contributed by atoms with E-state index in [0.717, 1.165) is 44.7 Å². The van der Waals surface area contributed by atoms with Crippen LogP contribution in [0.5, 0.6) is 11.5 Å². The summed E-state index contributed by atoms with van der Waals surface area (Å²) in [5.74, 6) is 2.09. The first-order valence-corrected chi connectivity index (χ1v) is 19.1. The third-order valence-corrected chi connectivity index (χ3v) is 10.4. The zero-order valence-electron chi connectivity index (χ0n) is 33.7. The van der Waals surface area contributed by atoms with E-state index in [-0.39, 0.29) is 37.3 Å². The third kappa shape index (κ3) is 7.54. The van der Waals surface area contributed by atoms with Crippen LogP contribution in [0.2, 0.25) is 0 Å². The number of hydrogen-bond acceptors (Lipinski definition) is 4. The second-order valence-corrected chi connectivity index (χ2v) is 17.6. The fourth-order valence-electron chi connectivity index (χ4n) is 7.30. The molecule has 0 bridgehead atoms. The Morgan fingerprint density at radius 3 is 2.05 bits per heavy atom. The number of anilines is 2. The summed E-state index contributed by atoms with van der Waals surface area (Å²) >= 11 is 0. The maximum atomic E-state index is 6.59. The van der Waals surface area contributed by atoms with Gasteiger partial charge in [-0.1, -0.05) is 122 Å². The number of rotatable bonds is 6. The molecule has 0 atom stereocenters. The van der Waals surface area contributed by atoms with Crippen molar-refractivity contribution in [2.75, 3.05) is 9.80 Å². The molecule has 56 heavy (non-hydrogen) atoms. The predicted octanol–water partition coefficient (Wildman–Crippen LogP) is 13.2. The molecule has 5 aromatic carbocycles. The summed E-state index contributed by atoms with van der Waals surface area (Å²) in [6.07, 6.45) is 4.15. The average Bonchev–Trinajstić information content (AvgIpc) is 3.75. The van der Waals surface area contributed by atoms with Crippen molar-refractivity contribution in [2.45, 2.75) is 73.1 Å². The molecule has 1 aliphatic heterocycles. The van der Waals surface area contributed by atoms with E-state index in [1.807, 2.05) is 24.4 Å². The van der Waals surface area contributed by atoms with Crippen molar-refractivity contribution in [1.82, 2.24) is 9.55 Å². The van der Waals surface area contributed by atoms with Crippen molar-refractivity contribution in [3.63, 3.8) is 0 Å². The second-order valence-electron chi connectivity index (χ2n) is 17.6. The summed E-state index contributed by atoms with van der Waals surface area (Å²) < 4.78 is 8.78. The molecule has 0 N–H and O–H groups in total. The molecule has 2 aromatic heterocycles. The minimum absolute atomic E-state index is 0. The molecule has 0 amide bonds. The molecular weight excluding hydrogens is 868 g/mol. The van der Waals surface area contributed by atoms with Crippen LogP contribution in [0.15, 0.2) is 133 Å². The number of allylic oxidation sites excluding steroid dienone is 1. The maximum Gasteiger partial charge on any atom is 0.135 e. The van der Waals surface area contributed by atoms with Crippen LogP contribution in [-0.4, -0.2) is 9.55 Å². The Kier molecular flexibility index (Phi) is 10.3. The number of pyridine rings is 1. The van der Waals surface area contributed by atoms with Gasteiger partial charge in [-0.2, -0.15) is 12.1 Å². The van der Waals surface area contributed by atoms with Gasteiger partial charge in [0.05, 0.1) is 0 Å². The smallest absolute Gasteiger partial charge is 0.135 e. The Labute approximate surface area is 346 Å². The van der Waals surface area contributed by atoms with Crippen molar-refractivity contribution >= 4 is 33.2 Å². The molecule has 0 fully saturated rings. The van der Waals surface area contributed by atoms with Gasteiger partial charge in [0.25, 0.3) is 0 Å². The molecule has 6 heteroatoms. The Morgan fingerprint density at radius 2 is 1.32 bits per heavy atom. The molecule has 288 valence electrons. The predicted molar refractivity (Wildman–Crippen MR) is 229 cm³/mol. The molecule has 0 aliphatic carbocycles. The van der Waals surface area contributed by atoms with Crippen LogP contribution in [-0.2, 0) is 31.9 Å². The van der Waals surface area contributed by atoms with Gasteiger partial charge in [-0.3, -0.25) is 0 Å². The SMILES string of the molecule is CC(C)(C)C1=CN(c2ccc(C(C)(C)C)cc2-c2ccccc2)[CH-]N1c1[c-]c(Oc2[c-]c3c(cc2)c2ccccc2n3-c2cc(C(C)(C)C)ccn2)ccc1.[Pt]. The number of ether oxygens (including phenoxy) is 1. The number of benzene rings is 5. The largest absolute Gasteiger partial charge is 0.509 e. The van der Waals surface area contributed by atoms with Crippen molar-refractivity contribution < 1.29 is 25.8 Å². The van der Waals surface area contributed by atoms with Crippen molar-refractivity contribution in [3.8, 4) is 28.4 Å². The Morgan fingerprint density at radius 1 is 0.625 bits per heavy atom. The van der Waals surface area contributed by atoms with E-state index in [1.54, 1.807) is 0 Å². The molecule has 0 saturated carbocycles. The van der Waals surface area contributed by atoms with E-state index in [2.05, 4.69) is 199 Å². The Hall–Kier alpha value is -5.12. The van der Waals surface area contributed by atoms with Crippen LogP contribution in [0, 0.1) is 24.2 Å². The molecule has 5 nitrogen and oxygen atoms in total. The summed E-state index contributed by atoms with van der Waals surface area (Å²) in [6, 6.07) is 47.7. The maximum absolute atomic E-state index is 6.59. The minimum atomic E-state index is -0.154. The van der Waals surface area contributed by atoms with E-state index < -0.39 is 0 Å². The van der Waals surface area contributed by atoms with E-state index in [9.17, 15) is 0 Å². The number of aromatic nitrogens is 2. The fraction of sp³-hybridized carbons (Fsp3) is 0.240. The average molecular weight is 917 g/mol. The van der Waals surface area contributed by atoms with E-state index >= 15 is 0 Å². The first kappa shape index (κ1) is 39.1. The summed E-state index contributed by atoms with van der Waals surface area (Å²) in [7, 11) is 0. The van der Waals surface area contributed by atoms with E-state index in [1.165, 1.54) is 22.3 Å². The van der Waals surface area contributed by atoms with Crippen LogP contribution < -0.4 is 14.5 Å². The fourth-order valence-corrected chi connectivity index (χ4v) is 7.30. The molecule has 3 heterocycles. The van der Waals surface area contributed by atoms with Gasteiger partial charge < -0.3 is 19.1 Å². The number of hydrogen-bond donors (Lipinski definition) is 0. The first-order valence-electron chi connectivity index (χ1n) is 19.1. The van der Waals surface area contributed by atoms with Gasteiger partial charge in [-0.15, -0.1) is 48.1 Å². The molecule has 1 aliphatic rings. The molecule has 0 spiro atoms. The summed E-state index contributed by atoms with van der Waals surface area (Å²) in [5.41, 5.74) is 9.94. The van der Waals surface area contributed by atoms with Crippen molar-refractivity contribution in [3.05, 3.63) is 163 Å². The van der Waals surface area contributed by atoms with Gasteiger partial charge in [-0.05, 0) is 69.4 Å². The van der Waals surface area contributed by atoms with Gasteiger partial charge in [0.15, 0.2) is 0 Å². The molecule has 0 unspecified atom stereocenters. The Bertz CT molecular complexity index is 2570. The normalized spacial score (nSPS) is 13.6. The van der Waals surface area contributed by atoms with Crippen molar-refractivity contribution in [1.29, 1.82) is 0 Å². The summed E-state index contributed by atoms with van der Waals surface area (Å²) in [6.45, 7) is 22.4. The molecule has 0 saturated heterocycles. The van der Waals surface area contributed by atoms with Crippen LogP contribution >= 0.6 is 0 Å². The molecular formula is C50H49N4OPt-3. The van der Waals surface area contributed by atoms with E-state index in [0.29, 0.717) is 11.5 Å². The standard InChI is InChI=1S/C50H49N4O.Pt/c1-48(2,3)35-22-25-43(42(28-35)34-16-11-10-12-17-34)52-32-46(50(7,8)9)53(33-52)37-18-15-19-38(30-37)55-39-23-24-41-40-20-13-14-21-44(40)54(45(41)31-39)47-29-36(26-27-51-47)49(4,5)6;/h10-29,32-33H,1-9H3;/q-3;. The van der Waals surface area contributed by atoms with E-state index in [4.69, 9.17) is 9.72 Å². The summed E-state index contributed by atoms with van der Waals surface area (Å²) in [5, 5.41) is 2.25. The monoisotopic (exact) mass is 916 g/mol. The van der Waals surface area contributed by atoms with Crippen LogP contribution in [0.25, 0.3) is 38.8 Å². The molecule has 0 radical (unpaired) electrons. The minimum Gasteiger partial charge on any atom is -0.509 e. The zero-order chi connectivity index (χ0) is 38.7. The summed E-state index contributed by atoms with van der Waals surface area (Å²) in [4.78, 5) is 9.32.